The van der Waals surface area contributed by atoms with E-state index in [9.17, 15) is 24.8 Å². The Morgan fingerprint density at radius 3 is 2.41 bits per heavy atom. The molecule has 0 aliphatic carbocycles. The highest BCUT2D eigenvalue weighted by atomic mass is 16.6. The van der Waals surface area contributed by atoms with Crippen LogP contribution in [0.15, 0.2) is 84.4 Å². The number of rotatable bonds is 5. The summed E-state index contributed by atoms with van der Waals surface area (Å²) < 4.78 is 5.25. The number of Topliss-reactive ketones (excluding diaryl/α,β-unsaturated/α-hetero) is 1. The average molecular weight is 430 g/mol. The van der Waals surface area contributed by atoms with E-state index in [1.165, 1.54) is 30.2 Å². The molecule has 1 fully saturated rings. The Kier molecular flexibility index (Phi) is 5.43. The molecular formula is C24H18N2O6. The molecule has 4 rings (SSSR count). The highest BCUT2D eigenvalue weighted by Crippen LogP contribution is 2.42. The van der Waals surface area contributed by atoms with Gasteiger partial charge < -0.3 is 9.84 Å². The van der Waals surface area contributed by atoms with Gasteiger partial charge in [-0.15, -0.1) is 0 Å². The van der Waals surface area contributed by atoms with Crippen molar-refractivity contribution in [1.29, 1.82) is 0 Å². The zero-order valence-corrected chi connectivity index (χ0v) is 17.0. The molecule has 0 aromatic heterocycles. The molecule has 1 atom stereocenters. The van der Waals surface area contributed by atoms with Gasteiger partial charge in [-0.25, -0.2) is 0 Å². The molecule has 1 unspecified atom stereocenters. The predicted octanol–water partition coefficient (Wildman–Crippen LogP) is 4.23. The molecule has 0 radical (unpaired) electrons. The lowest BCUT2D eigenvalue weighted by Gasteiger charge is -2.25. The first-order valence-corrected chi connectivity index (χ1v) is 9.67. The van der Waals surface area contributed by atoms with Gasteiger partial charge in [0.2, 0.25) is 0 Å². The molecular weight excluding hydrogens is 412 g/mol. The second-order valence-electron chi connectivity index (χ2n) is 7.09. The van der Waals surface area contributed by atoms with E-state index in [4.69, 9.17) is 4.74 Å². The van der Waals surface area contributed by atoms with Crippen LogP contribution in [0.4, 0.5) is 11.4 Å². The van der Waals surface area contributed by atoms with Gasteiger partial charge in [0.15, 0.2) is 0 Å². The summed E-state index contributed by atoms with van der Waals surface area (Å²) in [5, 5.41) is 22.2. The fourth-order valence-electron chi connectivity index (χ4n) is 3.73. The summed E-state index contributed by atoms with van der Waals surface area (Å²) in [6, 6.07) is 19.8. The number of hydrogen-bond acceptors (Lipinski definition) is 6. The maximum Gasteiger partial charge on any atom is 0.300 e. The lowest BCUT2D eigenvalue weighted by atomic mass is 9.95. The van der Waals surface area contributed by atoms with E-state index in [1.807, 2.05) is 0 Å². The molecule has 1 N–H and O–H groups in total. The van der Waals surface area contributed by atoms with Crippen molar-refractivity contribution >= 4 is 28.8 Å². The number of anilines is 1. The number of ether oxygens (including phenoxy) is 1. The summed E-state index contributed by atoms with van der Waals surface area (Å²) in [6.45, 7) is 0. The van der Waals surface area contributed by atoms with Crippen LogP contribution in [0.2, 0.25) is 0 Å². The minimum Gasteiger partial charge on any atom is -0.507 e. The van der Waals surface area contributed by atoms with Gasteiger partial charge in [-0.1, -0.05) is 48.5 Å². The highest BCUT2D eigenvalue weighted by molar-refractivity contribution is 6.51. The van der Waals surface area contributed by atoms with E-state index in [0.29, 0.717) is 17.0 Å². The topological polar surface area (TPSA) is 110 Å². The zero-order valence-electron chi connectivity index (χ0n) is 17.0. The quantitative estimate of drug-likeness (QED) is 0.213. The number of nitro groups is 1. The molecule has 160 valence electrons. The third-order valence-corrected chi connectivity index (χ3v) is 5.22. The number of nitro benzene ring substituents is 1. The van der Waals surface area contributed by atoms with Crippen molar-refractivity contribution in [2.75, 3.05) is 12.0 Å². The molecule has 1 amide bonds. The van der Waals surface area contributed by atoms with Crippen molar-refractivity contribution in [3.8, 4) is 5.75 Å². The van der Waals surface area contributed by atoms with Gasteiger partial charge in [0.05, 0.1) is 23.6 Å². The van der Waals surface area contributed by atoms with E-state index >= 15 is 0 Å². The summed E-state index contributed by atoms with van der Waals surface area (Å²) in [7, 11) is 1.49. The third-order valence-electron chi connectivity index (χ3n) is 5.22. The number of amides is 1. The molecule has 8 nitrogen and oxygen atoms in total. The van der Waals surface area contributed by atoms with E-state index in [1.54, 1.807) is 54.6 Å². The number of benzene rings is 3. The number of ketones is 1. The molecule has 1 aliphatic rings. The van der Waals surface area contributed by atoms with Gasteiger partial charge in [0, 0.05) is 29.4 Å². The molecule has 3 aromatic carbocycles. The Hall–Kier alpha value is -4.46. The average Bonchev–Trinajstić information content (AvgIpc) is 3.09. The predicted molar refractivity (Wildman–Crippen MR) is 117 cm³/mol. The first kappa shape index (κ1) is 20.8. The van der Waals surface area contributed by atoms with Crippen LogP contribution in [0.3, 0.4) is 0 Å². The van der Waals surface area contributed by atoms with E-state index in [-0.39, 0.29) is 16.8 Å². The largest absolute Gasteiger partial charge is 0.507 e. The molecule has 1 saturated heterocycles. The number of aliphatic hydroxyl groups is 1. The second kappa shape index (κ2) is 8.35. The molecule has 0 saturated carbocycles. The number of hydrogen-bond donors (Lipinski definition) is 1. The number of non-ortho nitro benzene ring substituents is 1. The number of carbonyl (C=O) groups is 2. The molecule has 1 heterocycles. The van der Waals surface area contributed by atoms with Crippen LogP contribution in [-0.2, 0) is 9.59 Å². The highest BCUT2D eigenvalue weighted by Gasteiger charge is 2.47. The number of carbonyl (C=O) groups excluding carboxylic acids is 2. The van der Waals surface area contributed by atoms with E-state index in [0.717, 1.165) is 6.07 Å². The van der Waals surface area contributed by atoms with Crippen LogP contribution in [-0.4, -0.2) is 28.8 Å². The third kappa shape index (κ3) is 3.58. The van der Waals surface area contributed by atoms with Gasteiger partial charge in [0.1, 0.15) is 11.5 Å². The monoisotopic (exact) mass is 430 g/mol. The Balaban J connectivity index is 1.94. The van der Waals surface area contributed by atoms with Crippen molar-refractivity contribution in [2.24, 2.45) is 0 Å². The van der Waals surface area contributed by atoms with Gasteiger partial charge in [-0.2, -0.15) is 0 Å². The summed E-state index contributed by atoms with van der Waals surface area (Å²) in [6.07, 6.45) is 0. The van der Waals surface area contributed by atoms with Gasteiger partial charge in [-0.05, 0) is 17.7 Å². The maximum atomic E-state index is 13.1. The molecule has 0 bridgehead atoms. The molecule has 8 heteroatoms. The van der Waals surface area contributed by atoms with Crippen LogP contribution in [0.25, 0.3) is 5.76 Å². The molecule has 0 spiro atoms. The van der Waals surface area contributed by atoms with Gasteiger partial charge in [-0.3, -0.25) is 24.6 Å². The Bertz CT molecular complexity index is 1250. The lowest BCUT2D eigenvalue weighted by molar-refractivity contribution is -0.384. The fraction of sp³-hybridized carbons (Fsp3) is 0.0833. The van der Waals surface area contributed by atoms with Crippen molar-refractivity contribution in [3.63, 3.8) is 0 Å². The molecule has 3 aromatic rings. The van der Waals surface area contributed by atoms with Crippen molar-refractivity contribution in [2.45, 2.75) is 6.04 Å². The number of aliphatic hydroxyl groups excluding tert-OH is 1. The Morgan fingerprint density at radius 2 is 1.72 bits per heavy atom. The number of methoxy groups -OCH3 is 1. The van der Waals surface area contributed by atoms with Gasteiger partial charge in [0.25, 0.3) is 17.4 Å². The normalized spacial score (nSPS) is 17.4. The SMILES string of the molecule is COc1cccc(N2C(=O)C(=O)/C(=C(\O)c3cccc([N+](=O)[O-])c3)C2c2ccccc2)c1. The summed E-state index contributed by atoms with van der Waals surface area (Å²) >= 11 is 0. The summed E-state index contributed by atoms with van der Waals surface area (Å²) in [5.74, 6) is -1.69. The zero-order chi connectivity index (χ0) is 22.8. The number of nitrogens with zero attached hydrogens (tertiary/aromatic N) is 2. The van der Waals surface area contributed by atoms with E-state index in [2.05, 4.69) is 0 Å². The molecule has 1 aliphatic heterocycles. The fourth-order valence-corrected chi connectivity index (χ4v) is 3.73. The Labute approximate surface area is 183 Å². The standard InChI is InChI=1S/C24H18N2O6/c1-32-19-12-6-10-17(14-19)25-21(15-7-3-2-4-8-15)20(23(28)24(25)29)22(27)16-9-5-11-18(13-16)26(30)31/h2-14,21,27H,1H3/b22-20-. The Morgan fingerprint density at radius 1 is 1.00 bits per heavy atom. The maximum absolute atomic E-state index is 13.1. The smallest absolute Gasteiger partial charge is 0.300 e. The molecule has 32 heavy (non-hydrogen) atoms. The van der Waals surface area contributed by atoms with Crippen molar-refractivity contribution < 1.29 is 24.4 Å². The lowest BCUT2D eigenvalue weighted by Crippen LogP contribution is -2.29. The minimum absolute atomic E-state index is 0.0729. The minimum atomic E-state index is -0.928. The van der Waals surface area contributed by atoms with Crippen LogP contribution in [0.1, 0.15) is 17.2 Å². The second-order valence-corrected chi connectivity index (χ2v) is 7.09. The van der Waals surface area contributed by atoms with Crippen LogP contribution in [0.5, 0.6) is 5.75 Å². The van der Waals surface area contributed by atoms with Crippen molar-refractivity contribution in [3.05, 3.63) is 106 Å². The van der Waals surface area contributed by atoms with Crippen LogP contribution < -0.4 is 9.64 Å². The first-order valence-electron chi connectivity index (χ1n) is 9.67. The van der Waals surface area contributed by atoms with Crippen LogP contribution in [0, 0.1) is 10.1 Å². The van der Waals surface area contributed by atoms with Crippen molar-refractivity contribution in [1.82, 2.24) is 0 Å². The van der Waals surface area contributed by atoms with Crippen LogP contribution >= 0.6 is 0 Å². The summed E-state index contributed by atoms with van der Waals surface area (Å²) in [4.78, 5) is 38.0. The van der Waals surface area contributed by atoms with E-state index < -0.39 is 28.4 Å². The summed E-state index contributed by atoms with van der Waals surface area (Å²) in [5.41, 5.74) is 0.695. The van der Waals surface area contributed by atoms with Gasteiger partial charge >= 0.3 is 0 Å². The first-order chi connectivity index (χ1) is 15.4.